The Morgan fingerprint density at radius 2 is 1.81 bits per heavy atom. The number of amides is 2. The third-order valence-electron chi connectivity index (χ3n) is 3.67. The van der Waals surface area contributed by atoms with Crippen LogP contribution in [0.3, 0.4) is 0 Å². The van der Waals surface area contributed by atoms with Crippen LogP contribution in [0.5, 0.6) is 5.75 Å². The van der Waals surface area contributed by atoms with Crippen molar-refractivity contribution in [2.75, 3.05) is 33.0 Å². The molecule has 2 aromatic carbocycles. The minimum absolute atomic E-state index is 0.0133. The second-order valence-electron chi connectivity index (χ2n) is 6.30. The summed E-state index contributed by atoms with van der Waals surface area (Å²) in [5, 5.41) is 16.0. The summed E-state index contributed by atoms with van der Waals surface area (Å²) in [5.41, 5.74) is 0.355. The lowest BCUT2D eigenvalue weighted by molar-refractivity contribution is -0.123. The van der Waals surface area contributed by atoms with Crippen molar-refractivity contribution in [2.45, 2.75) is 19.9 Å². The molecule has 0 saturated heterocycles. The van der Waals surface area contributed by atoms with Crippen LogP contribution in [0.15, 0.2) is 36.4 Å². The summed E-state index contributed by atoms with van der Waals surface area (Å²) in [7, 11) is 0. The molecule has 2 rings (SSSR count). The maximum Gasteiger partial charge on any atom is 0.258 e. The molecular weight excluding hydrogens is 348 g/mol. The van der Waals surface area contributed by atoms with E-state index in [0.29, 0.717) is 24.5 Å². The third-order valence-corrected chi connectivity index (χ3v) is 3.67. The first kappa shape index (κ1) is 20.7. The highest BCUT2D eigenvalue weighted by molar-refractivity contribution is 6.01. The van der Waals surface area contributed by atoms with Gasteiger partial charge in [0, 0.05) is 12.6 Å². The van der Waals surface area contributed by atoms with Crippen LogP contribution in [0.25, 0.3) is 10.8 Å². The van der Waals surface area contributed by atoms with E-state index in [2.05, 4.69) is 10.6 Å². The van der Waals surface area contributed by atoms with Gasteiger partial charge in [-0.25, -0.2) is 0 Å². The van der Waals surface area contributed by atoms with E-state index in [9.17, 15) is 9.59 Å². The van der Waals surface area contributed by atoms with E-state index in [4.69, 9.17) is 14.6 Å². The van der Waals surface area contributed by atoms with E-state index in [-0.39, 0.29) is 37.7 Å². The summed E-state index contributed by atoms with van der Waals surface area (Å²) < 4.78 is 10.8. The summed E-state index contributed by atoms with van der Waals surface area (Å²) in [6, 6.07) is 11.1. The lowest BCUT2D eigenvalue weighted by Crippen LogP contribution is -2.34. The number of ether oxygens (including phenoxy) is 2. The fourth-order valence-electron chi connectivity index (χ4n) is 2.52. The summed E-state index contributed by atoms with van der Waals surface area (Å²) in [6.45, 7) is 4.33. The average molecular weight is 374 g/mol. The number of hydrogen-bond donors (Lipinski definition) is 3. The number of aliphatic hydroxyl groups excluding tert-OH is 1. The van der Waals surface area contributed by atoms with Crippen LogP contribution in [-0.4, -0.2) is 55.9 Å². The van der Waals surface area contributed by atoms with Gasteiger partial charge in [-0.1, -0.05) is 24.3 Å². The first-order chi connectivity index (χ1) is 13.0. The van der Waals surface area contributed by atoms with Gasteiger partial charge in [0.1, 0.15) is 5.75 Å². The third kappa shape index (κ3) is 6.54. The van der Waals surface area contributed by atoms with Crippen molar-refractivity contribution in [3.8, 4) is 5.75 Å². The van der Waals surface area contributed by atoms with E-state index < -0.39 is 0 Å². The smallest absolute Gasteiger partial charge is 0.258 e. The molecule has 0 fully saturated rings. The van der Waals surface area contributed by atoms with Gasteiger partial charge in [-0.3, -0.25) is 9.59 Å². The fraction of sp³-hybridized carbons (Fsp3) is 0.400. The molecule has 7 nitrogen and oxygen atoms in total. The fourth-order valence-corrected chi connectivity index (χ4v) is 2.52. The largest absolute Gasteiger partial charge is 0.483 e. The van der Waals surface area contributed by atoms with Gasteiger partial charge in [-0.05, 0) is 36.8 Å². The maximum absolute atomic E-state index is 12.6. The number of hydrogen-bond acceptors (Lipinski definition) is 5. The van der Waals surface area contributed by atoms with Crippen molar-refractivity contribution in [3.05, 3.63) is 42.0 Å². The number of carbonyl (C=O) groups excluding carboxylic acids is 2. The van der Waals surface area contributed by atoms with Crippen molar-refractivity contribution in [2.24, 2.45) is 0 Å². The highest BCUT2D eigenvalue weighted by Crippen LogP contribution is 2.26. The molecule has 0 saturated carbocycles. The van der Waals surface area contributed by atoms with Crippen molar-refractivity contribution in [3.63, 3.8) is 0 Å². The van der Waals surface area contributed by atoms with Crippen LogP contribution in [0.4, 0.5) is 0 Å². The normalized spacial score (nSPS) is 10.8. The van der Waals surface area contributed by atoms with Crippen LogP contribution in [-0.2, 0) is 9.53 Å². The summed E-state index contributed by atoms with van der Waals surface area (Å²) in [6.07, 6.45) is 0. The van der Waals surface area contributed by atoms with Gasteiger partial charge in [-0.2, -0.15) is 0 Å². The van der Waals surface area contributed by atoms with Crippen molar-refractivity contribution >= 4 is 22.6 Å². The molecule has 2 amide bonds. The maximum atomic E-state index is 12.6. The molecule has 0 aromatic heterocycles. The zero-order valence-corrected chi connectivity index (χ0v) is 15.7. The standard InChI is InChI=1S/C20H26N2O5/c1-14(2)22-19(24)13-27-18-12-16-6-4-3-5-15(16)11-17(18)20(25)21-7-9-26-10-8-23/h3-6,11-12,14,23H,7-10,13H2,1-2H3,(H,21,25)(H,22,24). The van der Waals surface area contributed by atoms with Crippen molar-refractivity contribution < 1.29 is 24.2 Å². The Bertz CT molecular complexity index is 776. The number of rotatable bonds is 10. The van der Waals surface area contributed by atoms with Crippen LogP contribution in [0, 0.1) is 0 Å². The van der Waals surface area contributed by atoms with E-state index in [1.807, 2.05) is 38.1 Å². The lowest BCUT2D eigenvalue weighted by atomic mass is 10.1. The number of benzene rings is 2. The van der Waals surface area contributed by atoms with Crippen molar-refractivity contribution in [1.29, 1.82) is 0 Å². The molecule has 0 heterocycles. The van der Waals surface area contributed by atoms with Gasteiger partial charge in [0.2, 0.25) is 0 Å². The SMILES string of the molecule is CC(C)NC(=O)COc1cc2ccccc2cc1C(=O)NCCOCCO. The second-order valence-corrected chi connectivity index (χ2v) is 6.30. The van der Waals surface area contributed by atoms with E-state index >= 15 is 0 Å². The lowest BCUT2D eigenvalue weighted by Gasteiger charge is -2.14. The molecule has 2 aromatic rings. The second kappa shape index (κ2) is 10.5. The van der Waals surface area contributed by atoms with Crippen LogP contribution in [0.1, 0.15) is 24.2 Å². The Hall–Kier alpha value is -2.64. The highest BCUT2D eigenvalue weighted by Gasteiger charge is 2.15. The van der Waals surface area contributed by atoms with Crippen LogP contribution in [0.2, 0.25) is 0 Å². The summed E-state index contributed by atoms with van der Waals surface area (Å²) >= 11 is 0. The van der Waals surface area contributed by atoms with E-state index in [0.717, 1.165) is 10.8 Å². The molecular formula is C20H26N2O5. The predicted molar refractivity (Wildman–Crippen MR) is 103 cm³/mol. The van der Waals surface area contributed by atoms with Crippen LogP contribution >= 0.6 is 0 Å². The molecule has 0 spiro atoms. The first-order valence-corrected chi connectivity index (χ1v) is 8.93. The molecule has 0 unspecified atom stereocenters. The van der Waals surface area contributed by atoms with Gasteiger partial charge >= 0.3 is 0 Å². The predicted octanol–water partition coefficient (Wildman–Crippen LogP) is 1.48. The summed E-state index contributed by atoms with van der Waals surface area (Å²) in [4.78, 5) is 24.4. The Morgan fingerprint density at radius 1 is 1.11 bits per heavy atom. The molecule has 0 aliphatic rings. The van der Waals surface area contributed by atoms with Crippen molar-refractivity contribution in [1.82, 2.24) is 10.6 Å². The van der Waals surface area contributed by atoms with E-state index in [1.54, 1.807) is 12.1 Å². The van der Waals surface area contributed by atoms with Crippen LogP contribution < -0.4 is 15.4 Å². The zero-order valence-electron chi connectivity index (χ0n) is 15.7. The van der Waals surface area contributed by atoms with Gasteiger partial charge in [0.05, 0.1) is 25.4 Å². The number of carbonyl (C=O) groups is 2. The number of fused-ring (bicyclic) bond motifs is 1. The number of nitrogens with one attached hydrogen (secondary N) is 2. The average Bonchev–Trinajstić information content (AvgIpc) is 2.64. The topological polar surface area (TPSA) is 96.9 Å². The van der Waals surface area contributed by atoms with Gasteiger partial charge < -0.3 is 25.2 Å². The Labute approximate surface area is 158 Å². The Balaban J connectivity index is 2.13. The minimum atomic E-state index is -0.312. The summed E-state index contributed by atoms with van der Waals surface area (Å²) in [5.74, 6) is -0.212. The molecule has 0 bridgehead atoms. The number of aliphatic hydroxyl groups is 1. The molecule has 0 aliphatic heterocycles. The minimum Gasteiger partial charge on any atom is -0.483 e. The monoisotopic (exact) mass is 374 g/mol. The van der Waals surface area contributed by atoms with Gasteiger partial charge in [-0.15, -0.1) is 0 Å². The zero-order chi connectivity index (χ0) is 19.6. The molecule has 3 N–H and O–H groups in total. The first-order valence-electron chi connectivity index (χ1n) is 8.93. The van der Waals surface area contributed by atoms with Gasteiger partial charge in [0.15, 0.2) is 6.61 Å². The molecule has 0 radical (unpaired) electrons. The highest BCUT2D eigenvalue weighted by atomic mass is 16.5. The Morgan fingerprint density at radius 3 is 2.48 bits per heavy atom. The van der Waals surface area contributed by atoms with Gasteiger partial charge in [0.25, 0.3) is 11.8 Å². The van der Waals surface area contributed by atoms with E-state index in [1.165, 1.54) is 0 Å². The Kier molecular flexibility index (Phi) is 8.03. The molecule has 7 heteroatoms. The molecule has 146 valence electrons. The molecule has 0 atom stereocenters. The quantitative estimate of drug-likeness (QED) is 0.548. The molecule has 27 heavy (non-hydrogen) atoms. The molecule has 0 aliphatic carbocycles.